The lowest BCUT2D eigenvalue weighted by Crippen LogP contribution is -2.31. The van der Waals surface area contributed by atoms with Gasteiger partial charge in [-0.3, -0.25) is 0 Å². The SMILES string of the molecule is COc1cc(OCC(O)CNCC=C(c2ccsc2)c2ccsc2)cc(OC)c1OC. The normalized spacial score (nSPS) is 11.6. The first kappa shape index (κ1) is 23.1. The lowest BCUT2D eigenvalue weighted by atomic mass is 10.0. The third-order valence-electron chi connectivity index (χ3n) is 4.58. The average molecular weight is 462 g/mol. The van der Waals surface area contributed by atoms with E-state index in [2.05, 4.69) is 45.0 Å². The first-order valence-corrected chi connectivity index (χ1v) is 11.6. The molecule has 0 spiro atoms. The molecule has 2 N–H and O–H groups in total. The minimum Gasteiger partial charge on any atom is -0.493 e. The Labute approximate surface area is 190 Å². The summed E-state index contributed by atoms with van der Waals surface area (Å²) < 4.78 is 21.7. The molecule has 0 aliphatic rings. The van der Waals surface area contributed by atoms with Gasteiger partial charge in [0, 0.05) is 25.2 Å². The van der Waals surface area contributed by atoms with Crippen molar-refractivity contribution in [1.82, 2.24) is 5.32 Å². The number of aliphatic hydroxyl groups excluding tert-OH is 1. The van der Waals surface area contributed by atoms with Gasteiger partial charge in [-0.25, -0.2) is 0 Å². The summed E-state index contributed by atoms with van der Waals surface area (Å²) in [6.45, 7) is 1.18. The number of ether oxygens (including phenoxy) is 4. The van der Waals surface area contributed by atoms with E-state index in [1.54, 1.807) is 56.1 Å². The van der Waals surface area contributed by atoms with Crippen molar-refractivity contribution in [3.8, 4) is 23.0 Å². The van der Waals surface area contributed by atoms with E-state index in [1.165, 1.54) is 16.7 Å². The van der Waals surface area contributed by atoms with Crippen LogP contribution in [0.2, 0.25) is 0 Å². The molecule has 1 atom stereocenters. The fourth-order valence-electron chi connectivity index (χ4n) is 3.05. The number of aliphatic hydroxyl groups is 1. The molecule has 0 fully saturated rings. The highest BCUT2D eigenvalue weighted by atomic mass is 32.1. The monoisotopic (exact) mass is 461 g/mol. The molecule has 6 nitrogen and oxygen atoms in total. The van der Waals surface area contributed by atoms with Crippen LogP contribution in [0.5, 0.6) is 23.0 Å². The number of benzene rings is 1. The summed E-state index contributed by atoms with van der Waals surface area (Å²) in [6, 6.07) is 7.65. The molecular weight excluding hydrogens is 434 g/mol. The molecule has 8 heteroatoms. The lowest BCUT2D eigenvalue weighted by molar-refractivity contribution is 0.107. The summed E-state index contributed by atoms with van der Waals surface area (Å²) in [5, 5.41) is 22.0. The molecule has 3 aromatic rings. The van der Waals surface area contributed by atoms with Crippen molar-refractivity contribution in [3.63, 3.8) is 0 Å². The van der Waals surface area contributed by atoms with Crippen molar-refractivity contribution in [2.24, 2.45) is 0 Å². The summed E-state index contributed by atoms with van der Waals surface area (Å²) in [4.78, 5) is 0. The Kier molecular flexibility index (Phi) is 8.78. The number of hydrogen-bond donors (Lipinski definition) is 2. The van der Waals surface area contributed by atoms with Crippen molar-refractivity contribution < 1.29 is 24.1 Å². The van der Waals surface area contributed by atoms with Gasteiger partial charge < -0.3 is 29.4 Å². The molecule has 1 unspecified atom stereocenters. The van der Waals surface area contributed by atoms with Crippen molar-refractivity contribution in [3.05, 3.63) is 63.0 Å². The zero-order chi connectivity index (χ0) is 22.1. The molecule has 0 bridgehead atoms. The van der Waals surface area contributed by atoms with Crippen LogP contribution in [0.15, 0.2) is 51.9 Å². The molecule has 0 aliphatic heterocycles. The van der Waals surface area contributed by atoms with Crippen molar-refractivity contribution in [2.75, 3.05) is 41.0 Å². The highest BCUT2D eigenvalue weighted by Crippen LogP contribution is 2.40. The molecule has 3 rings (SSSR count). The van der Waals surface area contributed by atoms with Gasteiger partial charge in [0.2, 0.25) is 5.75 Å². The van der Waals surface area contributed by atoms with Crippen molar-refractivity contribution in [1.29, 1.82) is 0 Å². The van der Waals surface area contributed by atoms with Gasteiger partial charge in [-0.1, -0.05) is 6.08 Å². The molecule has 31 heavy (non-hydrogen) atoms. The first-order valence-electron chi connectivity index (χ1n) is 9.73. The second kappa shape index (κ2) is 11.8. The Balaban J connectivity index is 1.52. The van der Waals surface area contributed by atoms with E-state index in [-0.39, 0.29) is 6.61 Å². The molecule has 1 aromatic carbocycles. The minimum absolute atomic E-state index is 0.136. The van der Waals surface area contributed by atoms with Crippen LogP contribution in [-0.4, -0.2) is 52.2 Å². The average Bonchev–Trinajstić information content (AvgIpc) is 3.51. The maximum atomic E-state index is 10.3. The zero-order valence-corrected chi connectivity index (χ0v) is 19.4. The van der Waals surface area contributed by atoms with E-state index in [4.69, 9.17) is 18.9 Å². The fraction of sp³-hybridized carbons (Fsp3) is 0.304. The van der Waals surface area contributed by atoms with Crippen molar-refractivity contribution >= 4 is 28.2 Å². The van der Waals surface area contributed by atoms with Crippen LogP contribution in [0, 0.1) is 0 Å². The van der Waals surface area contributed by atoms with E-state index < -0.39 is 6.10 Å². The fourth-order valence-corrected chi connectivity index (χ4v) is 4.37. The number of nitrogens with one attached hydrogen (secondary N) is 1. The molecule has 2 aromatic heterocycles. The molecule has 2 heterocycles. The molecule has 0 saturated heterocycles. The number of thiophene rings is 2. The van der Waals surface area contributed by atoms with Crippen molar-refractivity contribution in [2.45, 2.75) is 6.10 Å². The number of hydrogen-bond acceptors (Lipinski definition) is 8. The smallest absolute Gasteiger partial charge is 0.203 e. The van der Waals surface area contributed by atoms with Gasteiger partial charge in [-0.2, -0.15) is 22.7 Å². The number of methoxy groups -OCH3 is 3. The van der Waals surface area contributed by atoms with Gasteiger partial charge in [0.25, 0.3) is 0 Å². The molecule has 166 valence electrons. The third-order valence-corrected chi connectivity index (χ3v) is 5.94. The molecule has 0 radical (unpaired) electrons. The van der Waals surface area contributed by atoms with Crippen LogP contribution >= 0.6 is 22.7 Å². The van der Waals surface area contributed by atoms with Crippen LogP contribution in [-0.2, 0) is 0 Å². The second-order valence-corrected chi connectivity index (χ2v) is 8.19. The summed E-state index contributed by atoms with van der Waals surface area (Å²) in [5.41, 5.74) is 3.60. The molecule has 0 saturated carbocycles. The van der Waals surface area contributed by atoms with Gasteiger partial charge in [0.15, 0.2) is 11.5 Å². The lowest BCUT2D eigenvalue weighted by Gasteiger charge is -2.16. The second-order valence-electron chi connectivity index (χ2n) is 6.63. The van der Waals surface area contributed by atoms with Crippen LogP contribution in [0.3, 0.4) is 0 Å². The summed E-state index contributed by atoms with van der Waals surface area (Å²) in [6.07, 6.45) is 1.48. The van der Waals surface area contributed by atoms with Gasteiger partial charge in [-0.15, -0.1) is 0 Å². The molecule has 0 aliphatic carbocycles. The predicted octanol–water partition coefficient (Wildman–Crippen LogP) is 4.30. The Morgan fingerprint density at radius 1 is 1.00 bits per heavy atom. The van der Waals surface area contributed by atoms with E-state index >= 15 is 0 Å². The van der Waals surface area contributed by atoms with E-state index in [9.17, 15) is 5.11 Å². The highest BCUT2D eigenvalue weighted by Gasteiger charge is 2.15. The highest BCUT2D eigenvalue weighted by molar-refractivity contribution is 7.08. The zero-order valence-electron chi connectivity index (χ0n) is 17.8. The van der Waals surface area contributed by atoms with Crippen LogP contribution in [0.25, 0.3) is 5.57 Å². The third kappa shape index (κ3) is 6.24. The predicted molar refractivity (Wildman–Crippen MR) is 126 cm³/mol. The number of rotatable bonds is 12. The maximum Gasteiger partial charge on any atom is 0.203 e. The standard InChI is InChI=1S/C23H27NO5S2/c1-26-21-10-19(11-22(27-2)23(21)28-3)29-13-18(25)12-24-7-4-20(16-5-8-30-14-16)17-6-9-31-15-17/h4-6,8-11,14-15,18,24-25H,7,12-13H2,1-3H3. The largest absolute Gasteiger partial charge is 0.493 e. The minimum atomic E-state index is -0.668. The Hall–Kier alpha value is -2.52. The van der Waals surface area contributed by atoms with E-state index in [1.807, 2.05) is 0 Å². The Morgan fingerprint density at radius 3 is 2.10 bits per heavy atom. The summed E-state index contributed by atoms with van der Waals surface area (Å²) in [5.74, 6) is 2.04. The van der Waals surface area contributed by atoms with E-state index in [0.29, 0.717) is 36.1 Å². The Morgan fingerprint density at radius 2 is 1.61 bits per heavy atom. The van der Waals surface area contributed by atoms with Crippen LogP contribution in [0.1, 0.15) is 11.1 Å². The Bertz CT molecular complexity index is 893. The van der Waals surface area contributed by atoms with Gasteiger partial charge in [0.1, 0.15) is 18.5 Å². The van der Waals surface area contributed by atoms with Crippen LogP contribution < -0.4 is 24.3 Å². The quantitative estimate of drug-likeness (QED) is 0.392. The molecular formula is C23H27NO5S2. The molecule has 0 amide bonds. The topological polar surface area (TPSA) is 69.2 Å². The summed E-state index contributed by atoms with van der Waals surface area (Å²) in [7, 11) is 4.65. The first-order chi connectivity index (χ1) is 15.2. The maximum absolute atomic E-state index is 10.3. The van der Waals surface area contributed by atoms with Gasteiger partial charge in [0.05, 0.1) is 21.3 Å². The van der Waals surface area contributed by atoms with Crippen LogP contribution in [0.4, 0.5) is 0 Å². The van der Waals surface area contributed by atoms with Gasteiger partial charge >= 0.3 is 0 Å². The summed E-state index contributed by atoms with van der Waals surface area (Å²) >= 11 is 3.36. The van der Waals surface area contributed by atoms with Gasteiger partial charge in [-0.05, 0) is 50.4 Å². The van der Waals surface area contributed by atoms with E-state index in [0.717, 1.165) is 0 Å².